The van der Waals surface area contributed by atoms with Gasteiger partial charge in [-0.15, -0.1) is 12.4 Å². The Morgan fingerprint density at radius 2 is 1.89 bits per heavy atom. The standard InChI is InChI=1S/C12H29N3O2S.ClH/c1-6-7-8-15(5)18(16,17)14-12(4,10-13)9-11(2)3;/h11,14H,6-10,13H2,1-5H3;1H. The van der Waals surface area contributed by atoms with Gasteiger partial charge in [0.15, 0.2) is 0 Å². The average Bonchev–Trinajstić information content (AvgIpc) is 2.23. The first-order chi connectivity index (χ1) is 8.17. The van der Waals surface area contributed by atoms with E-state index in [0.29, 0.717) is 19.0 Å². The van der Waals surface area contributed by atoms with E-state index in [4.69, 9.17) is 5.73 Å². The lowest BCUT2D eigenvalue weighted by Gasteiger charge is -2.32. The summed E-state index contributed by atoms with van der Waals surface area (Å²) in [6.07, 6.45) is 2.56. The van der Waals surface area contributed by atoms with Crippen LogP contribution >= 0.6 is 12.4 Å². The predicted molar refractivity (Wildman–Crippen MR) is 83.8 cm³/mol. The summed E-state index contributed by atoms with van der Waals surface area (Å²) >= 11 is 0. The largest absolute Gasteiger partial charge is 0.329 e. The third kappa shape index (κ3) is 8.09. The van der Waals surface area contributed by atoms with Gasteiger partial charge in [-0.05, 0) is 25.7 Å². The fraction of sp³-hybridized carbons (Fsp3) is 1.00. The molecular weight excluding hydrogens is 286 g/mol. The zero-order chi connectivity index (χ0) is 14.4. The minimum Gasteiger partial charge on any atom is -0.329 e. The summed E-state index contributed by atoms with van der Waals surface area (Å²) in [5.41, 5.74) is 5.14. The Balaban J connectivity index is 0. The van der Waals surface area contributed by atoms with Gasteiger partial charge in [-0.2, -0.15) is 17.4 Å². The van der Waals surface area contributed by atoms with E-state index in [-0.39, 0.29) is 12.4 Å². The monoisotopic (exact) mass is 315 g/mol. The predicted octanol–water partition coefficient (Wildman–Crippen LogP) is 1.74. The van der Waals surface area contributed by atoms with Crippen molar-refractivity contribution in [3.63, 3.8) is 0 Å². The van der Waals surface area contributed by atoms with Gasteiger partial charge in [-0.3, -0.25) is 0 Å². The highest BCUT2D eigenvalue weighted by atomic mass is 35.5. The Labute approximate surface area is 124 Å². The zero-order valence-electron chi connectivity index (χ0n) is 12.8. The van der Waals surface area contributed by atoms with Crippen LogP contribution in [-0.4, -0.2) is 38.4 Å². The van der Waals surface area contributed by atoms with Crippen molar-refractivity contribution in [1.29, 1.82) is 0 Å². The summed E-state index contributed by atoms with van der Waals surface area (Å²) in [5, 5.41) is 0. The van der Waals surface area contributed by atoms with E-state index >= 15 is 0 Å². The van der Waals surface area contributed by atoms with Crippen LogP contribution in [0.2, 0.25) is 0 Å². The van der Waals surface area contributed by atoms with Crippen LogP contribution in [-0.2, 0) is 10.2 Å². The van der Waals surface area contributed by atoms with Crippen LogP contribution in [0.15, 0.2) is 0 Å². The van der Waals surface area contributed by atoms with E-state index in [2.05, 4.69) is 18.6 Å². The van der Waals surface area contributed by atoms with E-state index in [9.17, 15) is 8.42 Å². The first kappa shape index (κ1) is 21.4. The highest BCUT2D eigenvalue weighted by molar-refractivity contribution is 7.87. The molecule has 0 saturated carbocycles. The third-order valence-electron chi connectivity index (χ3n) is 2.92. The lowest BCUT2D eigenvalue weighted by molar-refractivity contribution is 0.331. The summed E-state index contributed by atoms with van der Waals surface area (Å²) in [7, 11) is -1.84. The molecular formula is C12H30ClN3O2S. The molecule has 0 bridgehead atoms. The number of hydrogen-bond acceptors (Lipinski definition) is 3. The number of nitrogens with one attached hydrogen (secondary N) is 1. The van der Waals surface area contributed by atoms with Crippen LogP contribution in [0.25, 0.3) is 0 Å². The summed E-state index contributed by atoms with van der Waals surface area (Å²) in [5.74, 6) is 0.391. The topological polar surface area (TPSA) is 75.4 Å². The highest BCUT2D eigenvalue weighted by Gasteiger charge is 2.31. The summed E-state index contributed by atoms with van der Waals surface area (Å²) in [6.45, 7) is 8.85. The fourth-order valence-electron chi connectivity index (χ4n) is 1.96. The van der Waals surface area contributed by atoms with Gasteiger partial charge < -0.3 is 5.73 Å². The molecule has 1 unspecified atom stereocenters. The summed E-state index contributed by atoms with van der Waals surface area (Å²) in [4.78, 5) is 0. The maximum atomic E-state index is 12.2. The van der Waals surface area contributed by atoms with Crippen molar-refractivity contribution < 1.29 is 8.42 Å². The zero-order valence-corrected chi connectivity index (χ0v) is 14.4. The summed E-state index contributed by atoms with van der Waals surface area (Å²) in [6, 6.07) is 0. The molecule has 0 fully saturated rings. The van der Waals surface area contributed by atoms with Crippen molar-refractivity contribution in [2.45, 2.75) is 52.5 Å². The lowest BCUT2D eigenvalue weighted by atomic mass is 9.92. The Hall–Kier alpha value is 0.120. The second-order valence-electron chi connectivity index (χ2n) is 5.64. The Bertz CT molecular complexity index is 336. The van der Waals surface area contributed by atoms with E-state index in [1.165, 1.54) is 4.31 Å². The van der Waals surface area contributed by atoms with Crippen LogP contribution in [0, 0.1) is 5.92 Å². The molecule has 0 heterocycles. The third-order valence-corrected chi connectivity index (χ3v) is 4.68. The molecule has 0 aliphatic carbocycles. The highest BCUT2D eigenvalue weighted by Crippen LogP contribution is 2.17. The molecule has 0 radical (unpaired) electrons. The molecule has 0 rings (SSSR count). The van der Waals surface area contributed by atoms with Gasteiger partial charge in [0.05, 0.1) is 0 Å². The lowest BCUT2D eigenvalue weighted by Crippen LogP contribution is -2.55. The van der Waals surface area contributed by atoms with E-state index in [0.717, 1.165) is 19.3 Å². The van der Waals surface area contributed by atoms with Gasteiger partial charge in [0, 0.05) is 25.7 Å². The molecule has 7 heteroatoms. The van der Waals surface area contributed by atoms with Gasteiger partial charge >= 0.3 is 0 Å². The molecule has 0 aromatic rings. The molecule has 118 valence electrons. The maximum Gasteiger partial charge on any atom is 0.279 e. The van der Waals surface area contributed by atoms with Crippen LogP contribution in [0.1, 0.15) is 47.0 Å². The molecule has 19 heavy (non-hydrogen) atoms. The number of unbranched alkanes of at least 4 members (excludes halogenated alkanes) is 1. The SMILES string of the molecule is CCCCN(C)S(=O)(=O)NC(C)(CN)CC(C)C.Cl. The van der Waals surface area contributed by atoms with Crippen molar-refractivity contribution >= 4 is 22.6 Å². The Kier molecular flexibility index (Phi) is 10.3. The minimum atomic E-state index is -3.44. The minimum absolute atomic E-state index is 0. The van der Waals surface area contributed by atoms with Crippen LogP contribution < -0.4 is 10.5 Å². The Morgan fingerprint density at radius 1 is 1.37 bits per heavy atom. The van der Waals surface area contributed by atoms with Crippen LogP contribution in [0.3, 0.4) is 0 Å². The van der Waals surface area contributed by atoms with Gasteiger partial charge in [0.1, 0.15) is 0 Å². The van der Waals surface area contributed by atoms with Gasteiger partial charge in [0.25, 0.3) is 10.2 Å². The average molecular weight is 316 g/mol. The molecule has 1 atom stereocenters. The number of hydrogen-bond donors (Lipinski definition) is 2. The van der Waals surface area contributed by atoms with E-state index in [1.54, 1.807) is 7.05 Å². The first-order valence-electron chi connectivity index (χ1n) is 6.62. The molecule has 0 aliphatic heterocycles. The molecule has 3 N–H and O–H groups in total. The van der Waals surface area contributed by atoms with Crippen molar-refractivity contribution in [3.8, 4) is 0 Å². The van der Waals surface area contributed by atoms with E-state index in [1.807, 2.05) is 13.8 Å². The summed E-state index contributed by atoms with van der Waals surface area (Å²) < 4.78 is 28.4. The van der Waals surface area contributed by atoms with Crippen molar-refractivity contribution in [3.05, 3.63) is 0 Å². The van der Waals surface area contributed by atoms with Crippen molar-refractivity contribution in [1.82, 2.24) is 9.03 Å². The molecule has 0 saturated heterocycles. The van der Waals surface area contributed by atoms with Gasteiger partial charge in [0.2, 0.25) is 0 Å². The normalized spacial score (nSPS) is 15.4. The maximum absolute atomic E-state index is 12.2. The van der Waals surface area contributed by atoms with Crippen molar-refractivity contribution in [2.24, 2.45) is 11.7 Å². The first-order valence-corrected chi connectivity index (χ1v) is 8.06. The smallest absolute Gasteiger partial charge is 0.279 e. The van der Waals surface area contributed by atoms with Crippen molar-refractivity contribution in [2.75, 3.05) is 20.1 Å². The molecule has 5 nitrogen and oxygen atoms in total. The molecule has 0 aliphatic rings. The van der Waals surface area contributed by atoms with Gasteiger partial charge in [-0.1, -0.05) is 27.2 Å². The molecule has 0 aromatic heterocycles. The van der Waals surface area contributed by atoms with Crippen LogP contribution in [0.5, 0.6) is 0 Å². The van der Waals surface area contributed by atoms with Gasteiger partial charge in [-0.25, -0.2) is 0 Å². The molecule has 0 amide bonds. The number of nitrogens with zero attached hydrogens (tertiary/aromatic N) is 1. The number of nitrogens with two attached hydrogens (primary N) is 1. The number of halogens is 1. The fourth-order valence-corrected chi connectivity index (χ4v) is 3.27. The van der Waals surface area contributed by atoms with Crippen LogP contribution in [0.4, 0.5) is 0 Å². The number of rotatable bonds is 9. The second kappa shape index (κ2) is 9.13. The Morgan fingerprint density at radius 3 is 2.26 bits per heavy atom. The second-order valence-corrected chi connectivity index (χ2v) is 7.42. The van der Waals surface area contributed by atoms with E-state index < -0.39 is 15.7 Å². The molecule has 0 aromatic carbocycles. The quantitative estimate of drug-likeness (QED) is 0.680. The molecule has 0 spiro atoms.